The third-order valence-electron chi connectivity index (χ3n) is 6.63. The highest BCUT2D eigenvalue weighted by atomic mass is 32.1. The largest absolute Gasteiger partial charge is 0.172 e. The lowest BCUT2D eigenvalue weighted by Gasteiger charge is -2.04. The Hall–Kier alpha value is -3.38. The molecule has 6 rings (SSSR count). The summed E-state index contributed by atoms with van der Waals surface area (Å²) in [6.45, 7) is 8.57. The third-order valence-corrected chi connectivity index (χ3v) is 9.80. The number of nitrogens with zero attached hydrogens (tertiary/aromatic N) is 2. The summed E-state index contributed by atoms with van der Waals surface area (Å²) in [4.78, 5) is 5.09. The summed E-state index contributed by atoms with van der Waals surface area (Å²) in [5, 5.41) is 0. The van der Waals surface area contributed by atoms with E-state index in [0.29, 0.717) is 0 Å². The smallest absolute Gasteiger partial charge is 0.114 e. The zero-order valence-corrected chi connectivity index (χ0v) is 23.7. The van der Waals surface area contributed by atoms with Crippen molar-refractivity contribution in [3.63, 3.8) is 0 Å². The van der Waals surface area contributed by atoms with Crippen LogP contribution in [-0.4, -0.2) is 8.75 Å². The van der Waals surface area contributed by atoms with Gasteiger partial charge in [-0.05, 0) is 67.6 Å². The van der Waals surface area contributed by atoms with E-state index in [4.69, 9.17) is 8.75 Å². The SMILES string of the molecule is CC=Cc1ccc(-c2sc(-c3ccc(-c4cc(C)c(-c5ccc(C)cc5)s4)c4nsnc34)cc2C)cc1. The van der Waals surface area contributed by atoms with E-state index in [1.54, 1.807) is 0 Å². The molecule has 0 N–H and O–H groups in total. The molecule has 0 unspecified atom stereocenters. The first-order chi connectivity index (χ1) is 18.0. The summed E-state index contributed by atoms with van der Waals surface area (Å²) in [7, 11) is 0. The number of thiophene rings is 2. The maximum atomic E-state index is 4.76. The first-order valence-electron chi connectivity index (χ1n) is 12.3. The summed E-state index contributed by atoms with van der Waals surface area (Å²) in [5.41, 5.74) is 11.9. The summed E-state index contributed by atoms with van der Waals surface area (Å²) < 4.78 is 9.51. The van der Waals surface area contributed by atoms with Gasteiger partial charge in [0.2, 0.25) is 0 Å². The molecular formula is C32H26N2S3. The van der Waals surface area contributed by atoms with Crippen molar-refractivity contribution in [3.8, 4) is 41.8 Å². The number of rotatable bonds is 5. The Balaban J connectivity index is 1.39. The van der Waals surface area contributed by atoms with Gasteiger partial charge in [0.15, 0.2) is 0 Å². The van der Waals surface area contributed by atoms with Gasteiger partial charge in [0, 0.05) is 30.6 Å². The molecular weight excluding hydrogens is 509 g/mol. The van der Waals surface area contributed by atoms with Gasteiger partial charge in [0.05, 0.1) is 11.7 Å². The lowest BCUT2D eigenvalue weighted by molar-refractivity contribution is 1.46. The molecule has 0 aliphatic carbocycles. The lowest BCUT2D eigenvalue weighted by atomic mass is 10.0. The number of aryl methyl sites for hydroxylation is 3. The maximum Gasteiger partial charge on any atom is 0.114 e. The van der Waals surface area contributed by atoms with E-state index in [2.05, 4.69) is 106 Å². The number of benzene rings is 3. The Kier molecular flexibility index (Phi) is 6.37. The minimum atomic E-state index is 0.988. The molecule has 0 amide bonds. The molecule has 0 atom stereocenters. The zero-order valence-electron chi connectivity index (χ0n) is 21.2. The minimum absolute atomic E-state index is 0.988. The predicted octanol–water partition coefficient (Wildman–Crippen LogP) is 10.4. The molecule has 0 aliphatic rings. The second-order valence-corrected chi connectivity index (χ2v) is 12.0. The molecule has 3 aromatic carbocycles. The molecule has 6 aromatic rings. The molecule has 3 heterocycles. The number of hydrogen-bond donors (Lipinski definition) is 0. The average molecular weight is 535 g/mol. The van der Waals surface area contributed by atoms with Crippen LogP contribution in [0.5, 0.6) is 0 Å². The second kappa shape index (κ2) is 9.82. The van der Waals surface area contributed by atoms with Crippen molar-refractivity contribution < 1.29 is 0 Å². The monoisotopic (exact) mass is 534 g/mol. The first-order valence-corrected chi connectivity index (χ1v) is 14.6. The zero-order chi connectivity index (χ0) is 25.5. The number of aromatic nitrogens is 2. The summed E-state index contributed by atoms with van der Waals surface area (Å²) in [6.07, 6.45) is 4.20. The minimum Gasteiger partial charge on any atom is -0.172 e. The van der Waals surface area contributed by atoms with Crippen LogP contribution in [0, 0.1) is 20.8 Å². The van der Waals surface area contributed by atoms with Crippen LogP contribution in [0.25, 0.3) is 58.9 Å². The topological polar surface area (TPSA) is 25.8 Å². The van der Waals surface area contributed by atoms with Gasteiger partial charge in [-0.25, -0.2) is 0 Å². The number of hydrogen-bond acceptors (Lipinski definition) is 5. The Bertz CT molecular complexity index is 1750. The van der Waals surface area contributed by atoms with Crippen molar-refractivity contribution in [1.82, 2.24) is 8.75 Å². The van der Waals surface area contributed by atoms with E-state index in [1.165, 1.54) is 64.6 Å². The van der Waals surface area contributed by atoms with Crippen LogP contribution in [0.3, 0.4) is 0 Å². The Morgan fingerprint density at radius 3 is 1.59 bits per heavy atom. The fourth-order valence-corrected chi connectivity index (χ4v) is 7.69. The van der Waals surface area contributed by atoms with Crippen LogP contribution in [0.1, 0.15) is 29.2 Å². The fraction of sp³-hybridized carbons (Fsp3) is 0.125. The Morgan fingerprint density at radius 1 is 0.622 bits per heavy atom. The van der Waals surface area contributed by atoms with Crippen LogP contribution in [0.2, 0.25) is 0 Å². The van der Waals surface area contributed by atoms with E-state index in [1.807, 2.05) is 29.6 Å². The van der Waals surface area contributed by atoms with E-state index < -0.39 is 0 Å². The predicted molar refractivity (Wildman–Crippen MR) is 164 cm³/mol. The van der Waals surface area contributed by atoms with E-state index in [9.17, 15) is 0 Å². The van der Waals surface area contributed by atoms with Crippen LogP contribution in [-0.2, 0) is 0 Å². The van der Waals surface area contributed by atoms with Gasteiger partial charge in [-0.2, -0.15) is 8.75 Å². The Labute approximate surface area is 229 Å². The van der Waals surface area contributed by atoms with Crippen molar-refractivity contribution in [3.05, 3.63) is 101 Å². The lowest BCUT2D eigenvalue weighted by Crippen LogP contribution is -1.82. The van der Waals surface area contributed by atoms with E-state index >= 15 is 0 Å². The molecule has 2 nitrogen and oxygen atoms in total. The van der Waals surface area contributed by atoms with Gasteiger partial charge < -0.3 is 0 Å². The van der Waals surface area contributed by atoms with Gasteiger partial charge in [-0.1, -0.05) is 78.4 Å². The average Bonchev–Trinajstić information content (AvgIpc) is 3.63. The molecule has 3 aromatic heterocycles. The molecule has 5 heteroatoms. The molecule has 182 valence electrons. The number of allylic oxidation sites excluding steroid dienone is 1. The van der Waals surface area contributed by atoms with Gasteiger partial charge in [-0.15, -0.1) is 22.7 Å². The van der Waals surface area contributed by atoms with Crippen molar-refractivity contribution >= 4 is 51.5 Å². The molecule has 0 saturated heterocycles. The van der Waals surface area contributed by atoms with Crippen molar-refractivity contribution in [2.45, 2.75) is 27.7 Å². The van der Waals surface area contributed by atoms with Gasteiger partial charge >= 0.3 is 0 Å². The van der Waals surface area contributed by atoms with E-state index in [0.717, 1.165) is 22.2 Å². The maximum absolute atomic E-state index is 4.76. The molecule has 37 heavy (non-hydrogen) atoms. The molecule has 0 radical (unpaired) electrons. The normalized spacial score (nSPS) is 11.7. The quantitative estimate of drug-likeness (QED) is 0.220. The van der Waals surface area contributed by atoms with Crippen molar-refractivity contribution in [2.24, 2.45) is 0 Å². The third kappa shape index (κ3) is 4.48. The molecule has 0 spiro atoms. The molecule has 0 aliphatic heterocycles. The Morgan fingerprint density at radius 2 is 1.11 bits per heavy atom. The standard InChI is InChI=1S/C32H26N2S3/c1-5-6-22-9-13-24(14-10-22)32-21(4)18-28(36-32)26-16-15-25(29-30(26)34-37-33-29)27-17-20(3)31(35-27)23-11-7-19(2)8-12-23/h5-18H,1-4H3. The van der Waals surface area contributed by atoms with Gasteiger partial charge in [0.1, 0.15) is 11.0 Å². The second-order valence-electron chi connectivity index (χ2n) is 9.36. The van der Waals surface area contributed by atoms with Gasteiger partial charge in [-0.3, -0.25) is 0 Å². The van der Waals surface area contributed by atoms with E-state index in [-0.39, 0.29) is 0 Å². The highest BCUT2D eigenvalue weighted by Crippen LogP contribution is 2.44. The fourth-order valence-electron chi connectivity index (χ4n) is 4.71. The molecule has 0 saturated carbocycles. The summed E-state index contributed by atoms with van der Waals surface area (Å²) in [5.74, 6) is 0. The molecule has 0 fully saturated rings. The summed E-state index contributed by atoms with van der Waals surface area (Å²) in [6, 6.07) is 26.6. The van der Waals surface area contributed by atoms with Gasteiger partial charge in [0.25, 0.3) is 0 Å². The van der Waals surface area contributed by atoms with Crippen molar-refractivity contribution in [2.75, 3.05) is 0 Å². The molecule has 0 bridgehead atoms. The highest BCUT2D eigenvalue weighted by Gasteiger charge is 2.18. The van der Waals surface area contributed by atoms with Crippen molar-refractivity contribution in [1.29, 1.82) is 0 Å². The summed E-state index contributed by atoms with van der Waals surface area (Å²) >= 11 is 4.96. The first kappa shape index (κ1) is 24.0. The van der Waals surface area contributed by atoms with Crippen LogP contribution < -0.4 is 0 Å². The highest BCUT2D eigenvalue weighted by molar-refractivity contribution is 7.19. The van der Waals surface area contributed by atoms with Crippen LogP contribution in [0.4, 0.5) is 0 Å². The van der Waals surface area contributed by atoms with Crippen LogP contribution in [0.15, 0.2) is 78.9 Å². The van der Waals surface area contributed by atoms with Crippen LogP contribution >= 0.6 is 34.4 Å². The number of fused-ring (bicyclic) bond motifs is 1.